The summed E-state index contributed by atoms with van der Waals surface area (Å²) in [5.41, 5.74) is 0.980. The number of H-pyrrole nitrogens is 1. The van der Waals surface area contributed by atoms with Gasteiger partial charge in [0.05, 0.1) is 18.6 Å². The van der Waals surface area contributed by atoms with Crippen LogP contribution in [0.4, 0.5) is 17.6 Å². The maximum atomic E-state index is 12.8. The predicted octanol–water partition coefficient (Wildman–Crippen LogP) is 3.32. The van der Waals surface area contributed by atoms with Crippen molar-refractivity contribution in [3.63, 3.8) is 0 Å². The minimum absolute atomic E-state index is 0.0282. The Bertz CT molecular complexity index is 1140. The maximum Gasteiger partial charge on any atom is 0.239 e. The number of hydrogen-bond donors (Lipinski definition) is 5. The highest BCUT2D eigenvalue weighted by Crippen LogP contribution is 2.31. The van der Waals surface area contributed by atoms with Gasteiger partial charge in [-0.25, -0.2) is 4.98 Å². The van der Waals surface area contributed by atoms with Crippen LogP contribution < -0.4 is 21.3 Å². The zero-order valence-electron chi connectivity index (χ0n) is 20.3. The molecule has 3 aromatic heterocycles. The molecule has 4 heterocycles. The largest absolute Gasteiger partial charge is 0.378 e. The van der Waals surface area contributed by atoms with Gasteiger partial charge in [0.2, 0.25) is 11.9 Å². The van der Waals surface area contributed by atoms with Crippen molar-refractivity contribution in [3.05, 3.63) is 23.2 Å². The number of aromatic nitrogens is 4. The lowest BCUT2D eigenvalue weighted by molar-refractivity contribution is -0.126. The molecule has 1 amide bonds. The summed E-state index contributed by atoms with van der Waals surface area (Å²) in [5, 5.41) is 23.7. The molecule has 11 heteroatoms. The molecule has 4 unspecified atom stereocenters. The van der Waals surface area contributed by atoms with Crippen LogP contribution in [0.15, 0.2) is 17.5 Å². The Labute approximate surface area is 209 Å². The van der Waals surface area contributed by atoms with Crippen LogP contribution >= 0.6 is 11.3 Å². The second-order valence-electron chi connectivity index (χ2n) is 9.55. The van der Waals surface area contributed by atoms with Gasteiger partial charge in [-0.1, -0.05) is 13.3 Å². The molecule has 35 heavy (non-hydrogen) atoms. The second kappa shape index (κ2) is 10.9. The van der Waals surface area contributed by atoms with E-state index < -0.39 is 0 Å². The monoisotopic (exact) mass is 498 g/mol. The highest BCUT2D eigenvalue weighted by atomic mass is 32.1. The van der Waals surface area contributed by atoms with Crippen molar-refractivity contribution in [1.29, 1.82) is 0 Å². The van der Waals surface area contributed by atoms with Gasteiger partial charge in [-0.2, -0.15) is 10.1 Å². The van der Waals surface area contributed by atoms with E-state index in [9.17, 15) is 4.79 Å². The quantitative estimate of drug-likeness (QED) is 0.314. The number of nitrogens with one attached hydrogen (secondary N) is 5. The van der Waals surface area contributed by atoms with E-state index in [1.807, 2.05) is 24.4 Å². The van der Waals surface area contributed by atoms with Crippen LogP contribution in [0.1, 0.15) is 44.7 Å². The number of aryl methyl sites for hydroxylation is 1. The molecule has 188 valence electrons. The zero-order chi connectivity index (χ0) is 24.2. The molecule has 5 N–H and O–H groups in total. The Morgan fingerprint density at radius 1 is 1.26 bits per heavy atom. The number of ether oxygens (including phenoxy) is 1. The van der Waals surface area contributed by atoms with Gasteiger partial charge in [0.25, 0.3) is 0 Å². The minimum Gasteiger partial charge on any atom is -0.378 e. The average molecular weight is 499 g/mol. The minimum atomic E-state index is -0.274. The number of amides is 1. The highest BCUT2D eigenvalue weighted by molar-refractivity contribution is 7.16. The number of anilines is 3. The molecule has 2 fully saturated rings. The first kappa shape index (κ1) is 24.0. The lowest BCUT2D eigenvalue weighted by Crippen LogP contribution is -2.53. The van der Waals surface area contributed by atoms with E-state index in [4.69, 9.17) is 14.7 Å². The molecule has 4 atom stereocenters. The van der Waals surface area contributed by atoms with Crippen LogP contribution in [0, 0.1) is 12.8 Å². The Balaban J connectivity index is 1.32. The molecule has 10 nitrogen and oxygen atoms in total. The van der Waals surface area contributed by atoms with Crippen molar-refractivity contribution in [2.75, 3.05) is 30.4 Å². The number of carbonyl (C=O) groups excluding carboxylic acids is 1. The Morgan fingerprint density at radius 2 is 2.17 bits per heavy atom. The number of fused-ring (bicyclic) bond motifs is 1. The van der Waals surface area contributed by atoms with Crippen LogP contribution in [0.2, 0.25) is 0 Å². The molecule has 0 spiro atoms. The van der Waals surface area contributed by atoms with Crippen molar-refractivity contribution in [2.45, 2.75) is 64.1 Å². The van der Waals surface area contributed by atoms with Gasteiger partial charge >= 0.3 is 0 Å². The molecule has 1 aliphatic heterocycles. The predicted molar refractivity (Wildman–Crippen MR) is 138 cm³/mol. The summed E-state index contributed by atoms with van der Waals surface area (Å²) in [4.78, 5) is 23.3. The fourth-order valence-corrected chi connectivity index (χ4v) is 5.74. The van der Waals surface area contributed by atoms with Gasteiger partial charge in [0.15, 0.2) is 5.82 Å². The lowest BCUT2D eigenvalue weighted by Gasteiger charge is -2.27. The van der Waals surface area contributed by atoms with Crippen molar-refractivity contribution in [3.8, 4) is 0 Å². The third kappa shape index (κ3) is 5.91. The first-order valence-corrected chi connectivity index (χ1v) is 13.4. The summed E-state index contributed by atoms with van der Waals surface area (Å²) in [6.45, 7) is 6.00. The fourth-order valence-electron chi connectivity index (χ4n) is 4.97. The molecule has 0 bridgehead atoms. The molecule has 0 aromatic carbocycles. The maximum absolute atomic E-state index is 12.8. The van der Waals surface area contributed by atoms with Gasteiger partial charge in [0.1, 0.15) is 16.7 Å². The molecule has 5 rings (SSSR count). The van der Waals surface area contributed by atoms with E-state index >= 15 is 0 Å². The number of hydrogen-bond acceptors (Lipinski definition) is 9. The van der Waals surface area contributed by atoms with E-state index in [0.29, 0.717) is 31.6 Å². The van der Waals surface area contributed by atoms with E-state index in [1.165, 1.54) is 0 Å². The summed E-state index contributed by atoms with van der Waals surface area (Å²) in [7, 11) is 0. The summed E-state index contributed by atoms with van der Waals surface area (Å²) >= 11 is 1.59. The van der Waals surface area contributed by atoms with Crippen molar-refractivity contribution in [2.24, 2.45) is 5.92 Å². The normalized spacial score (nSPS) is 25.2. The molecule has 1 saturated heterocycles. The summed E-state index contributed by atoms with van der Waals surface area (Å²) in [6, 6.07) is 3.98. The van der Waals surface area contributed by atoms with E-state index in [0.717, 1.165) is 59.7 Å². The Kier molecular flexibility index (Phi) is 7.45. The smallest absolute Gasteiger partial charge is 0.239 e. The van der Waals surface area contributed by atoms with E-state index in [1.54, 1.807) is 11.3 Å². The number of thiophene rings is 1. The fraction of sp³-hybridized carbons (Fsp3) is 0.583. The van der Waals surface area contributed by atoms with Gasteiger partial charge in [-0.3, -0.25) is 9.89 Å². The van der Waals surface area contributed by atoms with Gasteiger partial charge < -0.3 is 26.0 Å². The molecular formula is C24H34N8O2S. The number of rotatable bonds is 7. The first-order chi connectivity index (χ1) is 17.1. The molecular weight excluding hydrogens is 464 g/mol. The second-order valence-corrected chi connectivity index (χ2v) is 10.4. The molecule has 3 aromatic rings. The van der Waals surface area contributed by atoms with Crippen LogP contribution in [-0.2, 0) is 9.53 Å². The Hall–Kier alpha value is -2.76. The lowest BCUT2D eigenvalue weighted by atomic mass is 9.96. The van der Waals surface area contributed by atoms with E-state index in [-0.39, 0.29) is 24.0 Å². The van der Waals surface area contributed by atoms with Crippen molar-refractivity contribution >= 4 is 45.0 Å². The molecule has 0 radical (unpaired) electrons. The standard InChI is InChI=1S/C24H34N8O2S/c1-3-15-4-5-16(26-22(33)19-13-34-8-7-25-19)12-17(11-15)27-24-29-21(18-6-9-35-23(18)30-24)28-20-10-14(2)31-32-20/h6,9-10,15-17,19,25H,3-5,7-8,11-13H2,1-2H3,(H,26,33)(H3,27,28,29,30,31,32). The van der Waals surface area contributed by atoms with Crippen LogP contribution in [0.25, 0.3) is 10.2 Å². The number of nitrogens with zero attached hydrogens (tertiary/aromatic N) is 3. The highest BCUT2D eigenvalue weighted by Gasteiger charge is 2.29. The summed E-state index contributed by atoms with van der Waals surface area (Å²) in [6.07, 6.45) is 5.06. The number of morpholine rings is 1. The van der Waals surface area contributed by atoms with Gasteiger partial charge in [-0.05, 0) is 50.0 Å². The number of aromatic amines is 1. The van der Waals surface area contributed by atoms with Crippen molar-refractivity contribution < 1.29 is 9.53 Å². The SMILES string of the molecule is CCC1CCC(NC(=O)C2COCCN2)CC(Nc2nc(Nc3cc(C)[nH]n3)c3ccsc3n2)C1. The topological polar surface area (TPSA) is 129 Å². The van der Waals surface area contributed by atoms with Crippen molar-refractivity contribution in [1.82, 2.24) is 30.8 Å². The first-order valence-electron chi connectivity index (χ1n) is 12.5. The van der Waals surface area contributed by atoms with Crippen LogP contribution in [0.3, 0.4) is 0 Å². The van der Waals surface area contributed by atoms with Gasteiger partial charge in [-0.15, -0.1) is 11.3 Å². The molecule has 2 aliphatic rings. The average Bonchev–Trinajstić information content (AvgIpc) is 3.45. The third-order valence-corrected chi connectivity index (χ3v) is 7.69. The summed E-state index contributed by atoms with van der Waals surface area (Å²) in [5.74, 6) is 2.69. The summed E-state index contributed by atoms with van der Waals surface area (Å²) < 4.78 is 5.47. The Morgan fingerprint density at radius 3 is 2.94 bits per heavy atom. The third-order valence-electron chi connectivity index (χ3n) is 6.88. The zero-order valence-corrected chi connectivity index (χ0v) is 21.1. The molecule has 1 aliphatic carbocycles. The van der Waals surface area contributed by atoms with Gasteiger partial charge in [0, 0.05) is 30.4 Å². The van der Waals surface area contributed by atoms with E-state index in [2.05, 4.69) is 38.4 Å². The van der Waals surface area contributed by atoms with Crippen LogP contribution in [-0.4, -0.2) is 64.0 Å². The van der Waals surface area contributed by atoms with Crippen LogP contribution in [0.5, 0.6) is 0 Å². The molecule has 1 saturated carbocycles. The number of carbonyl (C=O) groups is 1.